The van der Waals surface area contributed by atoms with Gasteiger partial charge in [-0.3, -0.25) is 19.0 Å². The molecule has 11 rings (SSSR count). The summed E-state index contributed by atoms with van der Waals surface area (Å²) in [5.41, 5.74) is 8.94. The first-order valence-electron chi connectivity index (χ1n) is 25.2. The SMILES string of the molecule is CC(=O)N1CCc2c(c(N3CCCc4cc(-c5cnn(C)c5)c(C(F)F)cc43)nn2C2CCN(C(=O)C3CCN(c4ccc(N5CCC6(CC5)C[C@@H](c5ccc(C#N)c(Cl)c5)CO6)cc4)CC3)CC2)C1. The van der Waals surface area contributed by atoms with Crippen LogP contribution in [0.1, 0.15) is 110 Å². The summed E-state index contributed by atoms with van der Waals surface area (Å²) in [6, 6.07) is 20.5. The van der Waals surface area contributed by atoms with Gasteiger partial charge in [-0.1, -0.05) is 17.7 Å². The third-order valence-electron chi connectivity index (χ3n) is 16.4. The zero-order valence-corrected chi connectivity index (χ0v) is 40.9. The van der Waals surface area contributed by atoms with Crippen molar-refractivity contribution in [3.05, 3.63) is 106 Å². The molecule has 13 nitrogen and oxygen atoms in total. The molecule has 0 saturated carbocycles. The minimum Gasteiger partial charge on any atom is -0.374 e. The van der Waals surface area contributed by atoms with Gasteiger partial charge in [0.2, 0.25) is 11.8 Å². The average Bonchev–Trinajstić information content (AvgIpc) is 4.13. The number of benzene rings is 3. The molecule has 5 aromatic rings. The molecule has 1 atom stereocenters. The van der Waals surface area contributed by atoms with Gasteiger partial charge in [-0.15, -0.1) is 0 Å². The van der Waals surface area contributed by atoms with Crippen molar-refractivity contribution in [1.29, 1.82) is 5.26 Å². The molecular formula is C54H61ClF2N10O3. The largest absolute Gasteiger partial charge is 0.374 e. The third kappa shape index (κ3) is 8.80. The fraction of sp³-hybridized carbons (Fsp3) is 0.500. The Bertz CT molecular complexity index is 2820. The highest BCUT2D eigenvalue weighted by atomic mass is 35.5. The second-order valence-electron chi connectivity index (χ2n) is 20.5. The molecule has 366 valence electrons. The summed E-state index contributed by atoms with van der Waals surface area (Å²) in [5, 5.41) is 19.4. The summed E-state index contributed by atoms with van der Waals surface area (Å²) >= 11 is 6.36. The van der Waals surface area contributed by atoms with Crippen molar-refractivity contribution in [2.24, 2.45) is 13.0 Å². The van der Waals surface area contributed by atoms with E-state index in [2.05, 4.69) is 59.7 Å². The Morgan fingerprint density at radius 3 is 2.27 bits per heavy atom. The van der Waals surface area contributed by atoms with E-state index >= 15 is 0 Å². The Balaban J connectivity index is 0.705. The first-order valence-corrected chi connectivity index (χ1v) is 25.6. The van der Waals surface area contributed by atoms with Crippen LogP contribution in [0.15, 0.2) is 67.0 Å². The van der Waals surface area contributed by atoms with Gasteiger partial charge in [0.05, 0.1) is 41.6 Å². The Labute approximate surface area is 413 Å². The fourth-order valence-corrected chi connectivity index (χ4v) is 12.6. The number of aryl methyl sites for hydroxylation is 2. The molecule has 2 amide bonds. The van der Waals surface area contributed by atoms with Gasteiger partial charge in [0.1, 0.15) is 6.07 Å². The van der Waals surface area contributed by atoms with Crippen LogP contribution in [0.3, 0.4) is 0 Å². The summed E-state index contributed by atoms with van der Waals surface area (Å²) < 4.78 is 39.9. The van der Waals surface area contributed by atoms with Crippen LogP contribution in [0.25, 0.3) is 11.1 Å². The Morgan fingerprint density at radius 1 is 0.886 bits per heavy atom. The number of likely N-dealkylation sites (tertiary alicyclic amines) is 1. The number of hydrogen-bond acceptors (Lipinski definition) is 9. The number of fused-ring (bicyclic) bond motifs is 2. The predicted molar refractivity (Wildman–Crippen MR) is 266 cm³/mol. The van der Waals surface area contributed by atoms with E-state index in [1.54, 1.807) is 37.1 Å². The van der Waals surface area contributed by atoms with Gasteiger partial charge in [0.25, 0.3) is 6.43 Å². The van der Waals surface area contributed by atoms with E-state index in [1.807, 2.05) is 29.2 Å². The molecule has 0 aliphatic carbocycles. The van der Waals surface area contributed by atoms with Crippen molar-refractivity contribution in [3.8, 4) is 17.2 Å². The van der Waals surface area contributed by atoms with Gasteiger partial charge in [-0.25, -0.2) is 8.78 Å². The maximum absolute atomic E-state index is 14.8. The van der Waals surface area contributed by atoms with Crippen molar-refractivity contribution >= 4 is 46.3 Å². The van der Waals surface area contributed by atoms with Gasteiger partial charge >= 0.3 is 0 Å². The minimum atomic E-state index is -2.67. The summed E-state index contributed by atoms with van der Waals surface area (Å²) in [7, 11) is 1.79. The Hall–Kier alpha value is -5.98. The van der Waals surface area contributed by atoms with E-state index in [4.69, 9.17) is 21.4 Å². The lowest BCUT2D eigenvalue weighted by Crippen LogP contribution is -2.46. The second kappa shape index (κ2) is 19.0. The van der Waals surface area contributed by atoms with Crippen molar-refractivity contribution in [1.82, 2.24) is 29.4 Å². The molecule has 6 aliphatic rings. The first kappa shape index (κ1) is 46.4. The third-order valence-corrected chi connectivity index (χ3v) is 16.7. The molecule has 4 fully saturated rings. The summed E-state index contributed by atoms with van der Waals surface area (Å²) in [6.45, 7) is 8.81. The van der Waals surface area contributed by atoms with Gasteiger partial charge in [-0.2, -0.15) is 15.5 Å². The number of halogens is 3. The Morgan fingerprint density at radius 2 is 1.61 bits per heavy atom. The van der Waals surface area contributed by atoms with Crippen LogP contribution in [-0.4, -0.2) is 106 Å². The molecule has 0 unspecified atom stereocenters. The number of hydrogen-bond donors (Lipinski definition) is 0. The number of carbonyl (C=O) groups excluding carboxylic acids is 2. The fourth-order valence-electron chi connectivity index (χ4n) is 12.4. The summed E-state index contributed by atoms with van der Waals surface area (Å²) in [4.78, 5) is 37.7. The maximum atomic E-state index is 14.8. The lowest BCUT2D eigenvalue weighted by molar-refractivity contribution is -0.137. The van der Waals surface area contributed by atoms with E-state index in [9.17, 15) is 23.6 Å². The van der Waals surface area contributed by atoms with E-state index < -0.39 is 6.43 Å². The molecule has 0 bridgehead atoms. The number of ether oxygens (including phenoxy) is 1. The van der Waals surface area contributed by atoms with Gasteiger partial charge in [0, 0.05) is 130 Å². The van der Waals surface area contributed by atoms with Crippen molar-refractivity contribution in [2.75, 3.05) is 73.7 Å². The van der Waals surface area contributed by atoms with Crippen LogP contribution in [0, 0.1) is 17.2 Å². The van der Waals surface area contributed by atoms with Crippen LogP contribution in [0.4, 0.5) is 31.7 Å². The number of amides is 2. The van der Waals surface area contributed by atoms with Crippen molar-refractivity contribution in [3.63, 3.8) is 0 Å². The number of nitriles is 1. The number of aromatic nitrogens is 4. The van der Waals surface area contributed by atoms with E-state index in [0.29, 0.717) is 67.5 Å². The topological polar surface area (TPSA) is 119 Å². The van der Waals surface area contributed by atoms with Crippen molar-refractivity contribution in [2.45, 2.75) is 102 Å². The van der Waals surface area contributed by atoms with Crippen LogP contribution >= 0.6 is 11.6 Å². The first-order chi connectivity index (χ1) is 33.9. The van der Waals surface area contributed by atoms with E-state index in [0.717, 1.165) is 118 Å². The summed E-state index contributed by atoms with van der Waals surface area (Å²) in [5.74, 6) is 1.29. The van der Waals surface area contributed by atoms with Gasteiger partial charge in [0.15, 0.2) is 5.82 Å². The Kier molecular flexibility index (Phi) is 12.6. The average molecular weight is 972 g/mol. The molecular weight excluding hydrogens is 910 g/mol. The van der Waals surface area contributed by atoms with E-state index in [1.165, 1.54) is 11.4 Å². The van der Waals surface area contributed by atoms with E-state index in [-0.39, 0.29) is 40.9 Å². The van der Waals surface area contributed by atoms with Crippen molar-refractivity contribution < 1.29 is 23.1 Å². The molecule has 0 N–H and O–H groups in total. The monoisotopic (exact) mass is 970 g/mol. The number of carbonyl (C=O) groups is 2. The number of rotatable bonds is 8. The number of alkyl halides is 2. The van der Waals surface area contributed by atoms with Crippen LogP contribution in [0.5, 0.6) is 0 Å². The highest BCUT2D eigenvalue weighted by molar-refractivity contribution is 6.31. The zero-order chi connectivity index (χ0) is 48.3. The predicted octanol–water partition coefficient (Wildman–Crippen LogP) is 9.36. The quantitative estimate of drug-likeness (QED) is 0.150. The lowest BCUT2D eigenvalue weighted by atomic mass is 9.83. The number of anilines is 4. The number of nitrogens with zero attached hydrogens (tertiary/aromatic N) is 10. The molecule has 70 heavy (non-hydrogen) atoms. The molecule has 1 spiro atoms. The normalized spacial score (nSPS) is 20.8. The molecule has 6 aliphatic heterocycles. The molecule has 3 aromatic carbocycles. The van der Waals surface area contributed by atoms with Crippen LogP contribution in [-0.2, 0) is 40.8 Å². The number of piperidine rings is 3. The van der Waals surface area contributed by atoms with Crippen LogP contribution < -0.4 is 14.7 Å². The summed E-state index contributed by atoms with van der Waals surface area (Å²) in [6.07, 6.45) is 9.13. The molecule has 2 aromatic heterocycles. The van der Waals surface area contributed by atoms with Gasteiger partial charge < -0.3 is 29.2 Å². The maximum Gasteiger partial charge on any atom is 0.264 e. The molecule has 16 heteroatoms. The minimum absolute atomic E-state index is 0.00311. The standard InChI is InChI=1S/C54H61ClF2N10O3/c1-35(68)65-23-15-49-47(33-65)52(66-18-3-4-38-26-45(41-31-59-61(2)32-41)46(51(56)57)28-50(38)66)60-67(49)44-13-21-64(22-14-44)53(69)36-11-19-62(20-12-36)42-7-9-43(10-8-42)63-24-16-54(17-25-63)29-40(34-70-54)37-5-6-39(30-58)48(55)27-37/h5-10,26-28,31-32,36,40,44,51H,3-4,11-25,29,33-34H2,1-2H3/t40-/m1/s1. The molecule has 4 saturated heterocycles. The second-order valence-corrected chi connectivity index (χ2v) is 20.9. The molecule has 0 radical (unpaired) electrons. The zero-order valence-electron chi connectivity index (χ0n) is 40.1. The highest BCUT2D eigenvalue weighted by Gasteiger charge is 2.44. The molecule has 8 heterocycles. The van der Waals surface area contributed by atoms with Crippen LogP contribution in [0.2, 0.25) is 5.02 Å². The smallest absolute Gasteiger partial charge is 0.264 e. The highest BCUT2D eigenvalue weighted by Crippen LogP contribution is 2.46. The lowest BCUT2D eigenvalue weighted by Gasteiger charge is -2.40. The van der Waals surface area contributed by atoms with Gasteiger partial charge in [-0.05, 0) is 123 Å².